The Morgan fingerprint density at radius 3 is 2.81 bits per heavy atom. The molecule has 2 N–H and O–H groups in total. The predicted molar refractivity (Wildman–Crippen MR) is 66.7 cm³/mol. The molecule has 0 unspecified atom stereocenters. The first-order chi connectivity index (χ1) is 7.77. The number of nitrogens with two attached hydrogens (primary N) is 1. The summed E-state index contributed by atoms with van der Waals surface area (Å²) in [5.74, 6) is 1.01. The Hall–Kier alpha value is -1.13. The molecule has 1 heterocycles. The van der Waals surface area contributed by atoms with Crippen molar-refractivity contribution in [2.24, 2.45) is 5.73 Å². The predicted octanol–water partition coefficient (Wildman–Crippen LogP) is 1.19. The molecule has 0 aliphatic heterocycles. The van der Waals surface area contributed by atoms with Gasteiger partial charge in [-0.25, -0.2) is 4.98 Å². The van der Waals surface area contributed by atoms with Crippen molar-refractivity contribution < 1.29 is 4.74 Å². The summed E-state index contributed by atoms with van der Waals surface area (Å²) in [5.41, 5.74) is 6.57. The molecule has 1 rings (SSSR count). The molecule has 0 saturated heterocycles. The summed E-state index contributed by atoms with van der Waals surface area (Å²) in [6.07, 6.45) is 0.972. The van der Waals surface area contributed by atoms with Gasteiger partial charge in [0.2, 0.25) is 0 Å². The van der Waals surface area contributed by atoms with E-state index in [1.165, 1.54) is 0 Å². The molecule has 0 fully saturated rings. The summed E-state index contributed by atoms with van der Waals surface area (Å²) >= 11 is 0. The smallest absolute Gasteiger partial charge is 0.128 e. The summed E-state index contributed by atoms with van der Waals surface area (Å²) in [6.45, 7) is 5.19. The number of anilines is 1. The van der Waals surface area contributed by atoms with Gasteiger partial charge < -0.3 is 15.4 Å². The molecular weight excluding hydrogens is 202 g/mol. The first-order valence-electron chi connectivity index (χ1n) is 5.65. The lowest BCUT2D eigenvalue weighted by atomic mass is 10.3. The number of aromatic nitrogens is 1. The van der Waals surface area contributed by atoms with Crippen LogP contribution in [0.2, 0.25) is 0 Å². The first-order valence-corrected chi connectivity index (χ1v) is 5.65. The minimum Gasteiger partial charge on any atom is -0.383 e. The molecule has 0 spiro atoms. The number of aryl methyl sites for hydroxylation is 1. The average Bonchev–Trinajstić information content (AvgIpc) is 2.29. The van der Waals surface area contributed by atoms with Crippen molar-refractivity contribution in [3.05, 3.63) is 23.9 Å². The fourth-order valence-electron chi connectivity index (χ4n) is 1.53. The van der Waals surface area contributed by atoms with Crippen LogP contribution in [0.3, 0.4) is 0 Å². The highest BCUT2D eigenvalue weighted by atomic mass is 16.5. The monoisotopic (exact) mass is 223 g/mol. The van der Waals surface area contributed by atoms with E-state index >= 15 is 0 Å². The summed E-state index contributed by atoms with van der Waals surface area (Å²) in [5, 5.41) is 0. The second kappa shape index (κ2) is 7.19. The van der Waals surface area contributed by atoms with Crippen LogP contribution < -0.4 is 10.6 Å². The molecule has 90 valence electrons. The number of methoxy groups -OCH3 is 1. The first kappa shape index (κ1) is 12.9. The molecule has 0 aromatic carbocycles. The molecule has 0 aliphatic carbocycles. The lowest BCUT2D eigenvalue weighted by Gasteiger charge is -2.23. The second-order valence-electron chi connectivity index (χ2n) is 3.76. The molecule has 0 aliphatic rings. The van der Waals surface area contributed by atoms with Gasteiger partial charge >= 0.3 is 0 Å². The Morgan fingerprint density at radius 2 is 2.19 bits per heavy atom. The SMILES string of the molecule is COCCN(CCCN)c1cccc(C)n1. The van der Waals surface area contributed by atoms with Gasteiger partial charge in [-0.1, -0.05) is 6.07 Å². The van der Waals surface area contributed by atoms with Gasteiger partial charge in [-0.2, -0.15) is 0 Å². The fourth-order valence-corrected chi connectivity index (χ4v) is 1.53. The van der Waals surface area contributed by atoms with Crippen molar-refractivity contribution >= 4 is 5.82 Å². The summed E-state index contributed by atoms with van der Waals surface area (Å²) < 4.78 is 5.10. The number of pyridine rings is 1. The van der Waals surface area contributed by atoms with Crippen LogP contribution in [0.25, 0.3) is 0 Å². The van der Waals surface area contributed by atoms with Crippen molar-refractivity contribution in [3.8, 4) is 0 Å². The number of hydrogen-bond donors (Lipinski definition) is 1. The number of nitrogens with zero attached hydrogens (tertiary/aromatic N) is 2. The Labute approximate surface area is 97.4 Å². The maximum absolute atomic E-state index is 5.54. The number of rotatable bonds is 7. The normalized spacial score (nSPS) is 10.4. The summed E-state index contributed by atoms with van der Waals surface area (Å²) in [7, 11) is 1.71. The third kappa shape index (κ3) is 4.16. The second-order valence-corrected chi connectivity index (χ2v) is 3.76. The number of ether oxygens (including phenoxy) is 1. The van der Waals surface area contributed by atoms with E-state index in [0.717, 1.165) is 31.0 Å². The highest BCUT2D eigenvalue weighted by Gasteiger charge is 2.06. The zero-order chi connectivity index (χ0) is 11.8. The minimum absolute atomic E-state index is 0.704. The van der Waals surface area contributed by atoms with E-state index in [0.29, 0.717) is 13.2 Å². The molecule has 0 saturated carbocycles. The highest BCUT2D eigenvalue weighted by Crippen LogP contribution is 2.11. The van der Waals surface area contributed by atoms with Crippen molar-refractivity contribution in [1.82, 2.24) is 4.98 Å². The fraction of sp³-hybridized carbons (Fsp3) is 0.583. The van der Waals surface area contributed by atoms with Crippen LogP contribution in [0.15, 0.2) is 18.2 Å². The standard InChI is InChI=1S/C12H21N3O/c1-11-5-3-6-12(14-11)15(8-4-7-13)9-10-16-2/h3,5-6H,4,7-10,13H2,1-2H3. The van der Waals surface area contributed by atoms with Gasteiger partial charge in [-0.05, 0) is 32.0 Å². The van der Waals surface area contributed by atoms with E-state index in [-0.39, 0.29) is 0 Å². The molecule has 1 aromatic rings. The Bertz CT molecular complexity index is 296. The molecule has 0 amide bonds. The van der Waals surface area contributed by atoms with Gasteiger partial charge in [0.05, 0.1) is 6.61 Å². The Balaban J connectivity index is 2.66. The van der Waals surface area contributed by atoms with Crippen LogP contribution >= 0.6 is 0 Å². The Kier molecular flexibility index (Phi) is 5.82. The van der Waals surface area contributed by atoms with Crippen LogP contribution in [0, 0.1) is 6.92 Å². The molecule has 16 heavy (non-hydrogen) atoms. The van der Waals surface area contributed by atoms with E-state index < -0.39 is 0 Å². The molecule has 4 nitrogen and oxygen atoms in total. The largest absolute Gasteiger partial charge is 0.383 e. The molecule has 4 heteroatoms. The quantitative estimate of drug-likeness (QED) is 0.754. The maximum atomic E-state index is 5.54. The molecule has 0 radical (unpaired) electrons. The lowest BCUT2D eigenvalue weighted by Crippen LogP contribution is -2.30. The topological polar surface area (TPSA) is 51.4 Å². The van der Waals surface area contributed by atoms with Gasteiger partial charge in [0.15, 0.2) is 0 Å². The zero-order valence-electron chi connectivity index (χ0n) is 10.1. The van der Waals surface area contributed by atoms with Crippen molar-refractivity contribution in [1.29, 1.82) is 0 Å². The van der Waals surface area contributed by atoms with Gasteiger partial charge in [-0.15, -0.1) is 0 Å². The number of hydrogen-bond acceptors (Lipinski definition) is 4. The van der Waals surface area contributed by atoms with Gasteiger partial charge in [0, 0.05) is 25.9 Å². The molecule has 0 bridgehead atoms. The van der Waals surface area contributed by atoms with Gasteiger partial charge in [0.25, 0.3) is 0 Å². The van der Waals surface area contributed by atoms with Crippen LogP contribution in [0.4, 0.5) is 5.82 Å². The minimum atomic E-state index is 0.704. The third-order valence-corrected chi connectivity index (χ3v) is 2.40. The molecule has 1 aromatic heterocycles. The maximum Gasteiger partial charge on any atom is 0.128 e. The van der Waals surface area contributed by atoms with E-state index in [4.69, 9.17) is 10.5 Å². The molecule has 0 atom stereocenters. The van der Waals surface area contributed by atoms with Crippen molar-refractivity contribution in [2.75, 3.05) is 38.3 Å². The zero-order valence-corrected chi connectivity index (χ0v) is 10.1. The summed E-state index contributed by atoms with van der Waals surface area (Å²) in [4.78, 5) is 6.72. The van der Waals surface area contributed by atoms with Crippen LogP contribution in [-0.2, 0) is 4.74 Å². The lowest BCUT2D eigenvalue weighted by molar-refractivity contribution is 0.205. The summed E-state index contributed by atoms with van der Waals surface area (Å²) in [6, 6.07) is 6.06. The van der Waals surface area contributed by atoms with E-state index in [2.05, 4.69) is 9.88 Å². The van der Waals surface area contributed by atoms with E-state index in [9.17, 15) is 0 Å². The van der Waals surface area contributed by atoms with E-state index in [1.54, 1.807) is 7.11 Å². The van der Waals surface area contributed by atoms with Crippen LogP contribution in [0.5, 0.6) is 0 Å². The van der Waals surface area contributed by atoms with Gasteiger partial charge in [0.1, 0.15) is 5.82 Å². The highest BCUT2D eigenvalue weighted by molar-refractivity contribution is 5.38. The van der Waals surface area contributed by atoms with E-state index in [1.807, 2.05) is 25.1 Å². The third-order valence-electron chi connectivity index (χ3n) is 2.40. The van der Waals surface area contributed by atoms with Crippen LogP contribution in [-0.4, -0.2) is 38.3 Å². The molecular formula is C12H21N3O. The van der Waals surface area contributed by atoms with Gasteiger partial charge in [-0.3, -0.25) is 0 Å². The Morgan fingerprint density at radius 1 is 1.38 bits per heavy atom. The average molecular weight is 223 g/mol. The van der Waals surface area contributed by atoms with Crippen LogP contribution in [0.1, 0.15) is 12.1 Å². The van der Waals surface area contributed by atoms with Crippen molar-refractivity contribution in [2.45, 2.75) is 13.3 Å². The van der Waals surface area contributed by atoms with Crippen molar-refractivity contribution in [3.63, 3.8) is 0 Å².